The number of aryl methyl sites for hydroxylation is 1. The molecule has 1 aromatic heterocycles. The average molecular weight is 466 g/mol. The van der Waals surface area contributed by atoms with Crippen molar-refractivity contribution in [1.29, 1.82) is 0 Å². The molecule has 8 nitrogen and oxygen atoms in total. The van der Waals surface area contributed by atoms with Gasteiger partial charge in [-0.25, -0.2) is 4.98 Å². The highest BCUT2D eigenvalue weighted by Crippen LogP contribution is 2.23. The summed E-state index contributed by atoms with van der Waals surface area (Å²) in [7, 11) is 1.85. The molecule has 3 aromatic rings. The van der Waals surface area contributed by atoms with Gasteiger partial charge in [0.05, 0.1) is 6.54 Å². The first-order chi connectivity index (χ1) is 15.9. The first-order valence-corrected chi connectivity index (χ1v) is 11.0. The van der Waals surface area contributed by atoms with E-state index in [1.54, 1.807) is 53.7 Å². The lowest BCUT2D eigenvalue weighted by molar-refractivity contribution is -0.120. The predicted octanol–water partition coefficient (Wildman–Crippen LogP) is 2.84. The molecule has 0 radical (unpaired) electrons. The Morgan fingerprint density at radius 1 is 1.12 bits per heavy atom. The van der Waals surface area contributed by atoms with Crippen molar-refractivity contribution in [1.82, 2.24) is 20.2 Å². The molecular weight excluding hydrogens is 442 g/mol. The number of hydrogen-bond acceptors (Lipinski definition) is 4. The molecule has 33 heavy (non-hydrogen) atoms. The summed E-state index contributed by atoms with van der Waals surface area (Å²) in [6.45, 7) is 0.495. The second-order valence-corrected chi connectivity index (χ2v) is 8.26. The zero-order valence-electron chi connectivity index (χ0n) is 18.1. The Kier molecular flexibility index (Phi) is 6.74. The van der Waals surface area contributed by atoms with Crippen LogP contribution in [0.1, 0.15) is 40.6 Å². The molecule has 170 valence electrons. The summed E-state index contributed by atoms with van der Waals surface area (Å²) in [5.74, 6) is 0.0194. The summed E-state index contributed by atoms with van der Waals surface area (Å²) in [5.41, 5.74) is 2.00. The highest BCUT2D eigenvalue weighted by Gasteiger charge is 2.23. The number of halogens is 1. The second kappa shape index (κ2) is 9.87. The Labute approximate surface area is 196 Å². The Morgan fingerprint density at radius 2 is 1.85 bits per heavy atom. The first kappa shape index (κ1) is 22.5. The Balaban J connectivity index is 1.38. The summed E-state index contributed by atoms with van der Waals surface area (Å²) in [6.07, 6.45) is 4.84. The molecule has 9 heteroatoms. The van der Waals surface area contributed by atoms with Gasteiger partial charge < -0.3 is 20.1 Å². The fraction of sp³-hybridized carbons (Fsp3) is 0.250. The van der Waals surface area contributed by atoms with E-state index in [1.165, 1.54) is 0 Å². The van der Waals surface area contributed by atoms with E-state index in [4.69, 9.17) is 11.6 Å². The van der Waals surface area contributed by atoms with Crippen LogP contribution in [-0.2, 0) is 16.6 Å². The summed E-state index contributed by atoms with van der Waals surface area (Å²) >= 11 is 6.00. The number of nitrogens with zero attached hydrogens (tertiary/aromatic N) is 3. The van der Waals surface area contributed by atoms with Crippen LogP contribution in [0.25, 0.3) is 0 Å². The smallest absolute Gasteiger partial charge is 0.251 e. The van der Waals surface area contributed by atoms with Crippen molar-refractivity contribution in [2.24, 2.45) is 7.05 Å². The van der Waals surface area contributed by atoms with Gasteiger partial charge in [-0.15, -0.1) is 0 Å². The Morgan fingerprint density at radius 3 is 2.45 bits per heavy atom. The minimum Gasteiger partial charge on any atom is -0.343 e. The Bertz CT molecular complexity index is 1160. The van der Waals surface area contributed by atoms with Gasteiger partial charge in [0.1, 0.15) is 11.9 Å². The number of rotatable bonds is 7. The fourth-order valence-electron chi connectivity index (χ4n) is 3.80. The van der Waals surface area contributed by atoms with Gasteiger partial charge in [0.15, 0.2) is 0 Å². The normalized spacial score (nSPS) is 14.2. The number of anilines is 1. The number of carbonyl (C=O) groups excluding carboxylic acids is 3. The molecule has 1 fully saturated rings. The van der Waals surface area contributed by atoms with Gasteiger partial charge in [0.25, 0.3) is 5.91 Å². The molecule has 0 bridgehead atoms. The topological polar surface area (TPSA) is 96.3 Å². The molecule has 2 N–H and O–H groups in total. The SMILES string of the molecule is Cn1ccnc1C(NC(=O)CNC(=O)c1ccc(N2CCCC2=O)cc1)c1ccc(Cl)cc1. The van der Waals surface area contributed by atoms with Crippen LogP contribution in [0, 0.1) is 0 Å². The van der Waals surface area contributed by atoms with Crippen LogP contribution in [0.4, 0.5) is 5.69 Å². The summed E-state index contributed by atoms with van der Waals surface area (Å²) < 4.78 is 1.82. The predicted molar refractivity (Wildman–Crippen MR) is 125 cm³/mol. The minimum absolute atomic E-state index is 0.0897. The van der Waals surface area contributed by atoms with Gasteiger partial charge >= 0.3 is 0 Å². The number of carbonyl (C=O) groups is 3. The molecule has 0 aliphatic carbocycles. The van der Waals surface area contributed by atoms with E-state index in [9.17, 15) is 14.4 Å². The standard InChI is InChI=1S/C24H24ClN5O3/c1-29-14-12-26-23(29)22(16-4-8-18(25)9-5-16)28-20(31)15-27-24(33)17-6-10-19(11-7-17)30-13-2-3-21(30)32/h4-12,14,22H,2-3,13,15H2,1H3,(H,27,33)(H,28,31). The zero-order valence-corrected chi connectivity index (χ0v) is 18.9. The van der Waals surface area contributed by atoms with Gasteiger partial charge in [-0.2, -0.15) is 0 Å². The maximum atomic E-state index is 12.7. The molecule has 4 rings (SSSR count). The summed E-state index contributed by atoms with van der Waals surface area (Å²) in [6, 6.07) is 13.5. The summed E-state index contributed by atoms with van der Waals surface area (Å²) in [4.78, 5) is 43.1. The molecular formula is C24H24ClN5O3. The second-order valence-electron chi connectivity index (χ2n) is 7.83. The number of amides is 3. The third-order valence-corrected chi connectivity index (χ3v) is 5.80. The lowest BCUT2D eigenvalue weighted by atomic mass is 10.1. The molecule has 1 unspecified atom stereocenters. The third-order valence-electron chi connectivity index (χ3n) is 5.55. The van der Waals surface area contributed by atoms with Crippen LogP contribution in [0.2, 0.25) is 5.02 Å². The molecule has 1 aliphatic rings. The minimum atomic E-state index is -0.496. The molecule has 3 amide bonds. The van der Waals surface area contributed by atoms with Crippen molar-refractivity contribution in [2.45, 2.75) is 18.9 Å². The number of imidazole rings is 1. The quantitative estimate of drug-likeness (QED) is 0.560. The zero-order chi connectivity index (χ0) is 23.4. The Hall–Kier alpha value is -3.65. The summed E-state index contributed by atoms with van der Waals surface area (Å²) in [5, 5.41) is 6.17. The molecule has 2 heterocycles. The lowest BCUT2D eigenvalue weighted by Crippen LogP contribution is -2.39. The van der Waals surface area contributed by atoms with Gasteiger partial charge in [0.2, 0.25) is 11.8 Å². The van der Waals surface area contributed by atoms with Crippen LogP contribution >= 0.6 is 11.6 Å². The molecule has 1 saturated heterocycles. The van der Waals surface area contributed by atoms with Crippen molar-refractivity contribution in [2.75, 3.05) is 18.0 Å². The fourth-order valence-corrected chi connectivity index (χ4v) is 3.92. The lowest BCUT2D eigenvalue weighted by Gasteiger charge is -2.19. The number of hydrogen-bond donors (Lipinski definition) is 2. The molecule has 1 atom stereocenters. The highest BCUT2D eigenvalue weighted by molar-refractivity contribution is 6.30. The number of nitrogens with one attached hydrogen (secondary N) is 2. The number of aromatic nitrogens is 2. The van der Waals surface area contributed by atoms with E-state index in [0.29, 0.717) is 29.4 Å². The third kappa shape index (κ3) is 5.23. The van der Waals surface area contributed by atoms with Crippen molar-refractivity contribution < 1.29 is 14.4 Å². The van der Waals surface area contributed by atoms with Gasteiger partial charge in [-0.3, -0.25) is 14.4 Å². The van der Waals surface area contributed by atoms with E-state index in [0.717, 1.165) is 17.7 Å². The van der Waals surface area contributed by atoms with Crippen molar-refractivity contribution in [3.05, 3.63) is 82.9 Å². The maximum Gasteiger partial charge on any atom is 0.251 e. The average Bonchev–Trinajstić information content (AvgIpc) is 3.44. The van der Waals surface area contributed by atoms with E-state index in [2.05, 4.69) is 15.6 Å². The molecule has 2 aromatic carbocycles. The van der Waals surface area contributed by atoms with E-state index < -0.39 is 6.04 Å². The van der Waals surface area contributed by atoms with Crippen LogP contribution in [-0.4, -0.2) is 40.4 Å². The van der Waals surface area contributed by atoms with Crippen LogP contribution in [0.5, 0.6) is 0 Å². The number of benzene rings is 2. The first-order valence-electron chi connectivity index (χ1n) is 10.6. The largest absolute Gasteiger partial charge is 0.343 e. The monoisotopic (exact) mass is 465 g/mol. The van der Waals surface area contributed by atoms with Crippen molar-refractivity contribution in [3.63, 3.8) is 0 Å². The molecule has 0 saturated carbocycles. The van der Waals surface area contributed by atoms with Gasteiger partial charge in [0, 0.05) is 48.7 Å². The van der Waals surface area contributed by atoms with Gasteiger partial charge in [-0.1, -0.05) is 23.7 Å². The van der Waals surface area contributed by atoms with E-state index >= 15 is 0 Å². The van der Waals surface area contributed by atoms with Crippen molar-refractivity contribution >= 4 is 35.0 Å². The van der Waals surface area contributed by atoms with Gasteiger partial charge in [-0.05, 0) is 48.4 Å². The van der Waals surface area contributed by atoms with Crippen LogP contribution in [0.3, 0.4) is 0 Å². The van der Waals surface area contributed by atoms with E-state index in [1.807, 2.05) is 23.7 Å². The highest BCUT2D eigenvalue weighted by atomic mass is 35.5. The van der Waals surface area contributed by atoms with Crippen LogP contribution < -0.4 is 15.5 Å². The van der Waals surface area contributed by atoms with Crippen LogP contribution in [0.15, 0.2) is 60.9 Å². The molecule has 1 aliphatic heterocycles. The van der Waals surface area contributed by atoms with Crippen molar-refractivity contribution in [3.8, 4) is 0 Å². The van der Waals surface area contributed by atoms with E-state index in [-0.39, 0.29) is 24.3 Å². The maximum absolute atomic E-state index is 12.7. The molecule has 0 spiro atoms.